The van der Waals surface area contributed by atoms with Gasteiger partial charge in [0, 0.05) is 12.0 Å². The fourth-order valence-electron chi connectivity index (χ4n) is 3.37. The zero-order valence-corrected chi connectivity index (χ0v) is 12.5. The third-order valence-corrected chi connectivity index (χ3v) is 4.50. The van der Waals surface area contributed by atoms with Crippen molar-refractivity contribution < 1.29 is 9.53 Å². The Bertz CT molecular complexity index is 716. The highest BCUT2D eigenvalue weighted by atomic mass is 16.5. The maximum Gasteiger partial charge on any atom is 0.321 e. The summed E-state index contributed by atoms with van der Waals surface area (Å²) >= 11 is 0. The highest BCUT2D eigenvalue weighted by Gasteiger charge is 2.48. The summed E-state index contributed by atoms with van der Waals surface area (Å²) in [7, 11) is 0. The molecule has 2 aliphatic rings. The van der Waals surface area contributed by atoms with Crippen LogP contribution in [0.1, 0.15) is 30.5 Å². The Balaban J connectivity index is 1.69. The first-order valence-corrected chi connectivity index (χ1v) is 7.56. The van der Waals surface area contributed by atoms with Crippen LogP contribution in [0.2, 0.25) is 0 Å². The number of benzene rings is 2. The summed E-state index contributed by atoms with van der Waals surface area (Å²) in [6.07, 6.45) is 0.753. The molecule has 4 heteroatoms. The van der Waals surface area contributed by atoms with E-state index < -0.39 is 5.72 Å². The van der Waals surface area contributed by atoms with Gasteiger partial charge in [-0.1, -0.05) is 48.5 Å². The lowest BCUT2D eigenvalue weighted by molar-refractivity contribution is -0.0879. The van der Waals surface area contributed by atoms with E-state index in [2.05, 4.69) is 5.32 Å². The maximum absolute atomic E-state index is 12.6. The molecule has 4 rings (SSSR count). The molecular weight excluding hydrogens is 276 g/mol. The molecule has 0 radical (unpaired) electrons. The van der Waals surface area contributed by atoms with Gasteiger partial charge >= 0.3 is 6.03 Å². The van der Waals surface area contributed by atoms with Gasteiger partial charge in [-0.3, -0.25) is 4.90 Å². The predicted molar refractivity (Wildman–Crippen MR) is 83.3 cm³/mol. The lowest BCUT2D eigenvalue weighted by Gasteiger charge is -2.50. The van der Waals surface area contributed by atoms with Crippen LogP contribution in [0, 0.1) is 0 Å². The monoisotopic (exact) mass is 294 g/mol. The van der Waals surface area contributed by atoms with E-state index in [1.54, 1.807) is 4.90 Å². The smallest absolute Gasteiger partial charge is 0.321 e. The molecule has 2 bridgehead atoms. The van der Waals surface area contributed by atoms with Crippen molar-refractivity contribution in [3.63, 3.8) is 0 Å². The molecule has 1 saturated heterocycles. The number of nitrogens with zero attached hydrogens (tertiary/aromatic N) is 1. The van der Waals surface area contributed by atoms with Crippen LogP contribution in [0.5, 0.6) is 5.75 Å². The van der Waals surface area contributed by atoms with Gasteiger partial charge in [0.2, 0.25) is 0 Å². The molecule has 22 heavy (non-hydrogen) atoms. The minimum absolute atomic E-state index is 0.0227. The fourth-order valence-corrected chi connectivity index (χ4v) is 3.37. The van der Waals surface area contributed by atoms with E-state index >= 15 is 0 Å². The third-order valence-electron chi connectivity index (χ3n) is 4.50. The fraction of sp³-hybridized carbons (Fsp3) is 0.278. The second-order valence-corrected chi connectivity index (χ2v) is 6.09. The van der Waals surface area contributed by atoms with E-state index in [1.165, 1.54) is 0 Å². The SMILES string of the molecule is C[C@]12C[C@H](NC(=O)N1Cc1ccccc1)c1ccccc1O2. The molecular formula is C18H18N2O2. The van der Waals surface area contributed by atoms with Gasteiger partial charge in [0.25, 0.3) is 0 Å². The first kappa shape index (κ1) is 13.2. The molecule has 2 aliphatic heterocycles. The van der Waals surface area contributed by atoms with Crippen molar-refractivity contribution in [1.29, 1.82) is 0 Å². The number of hydrogen-bond donors (Lipinski definition) is 1. The quantitative estimate of drug-likeness (QED) is 0.921. The Morgan fingerprint density at radius 2 is 1.91 bits per heavy atom. The van der Waals surface area contributed by atoms with Gasteiger partial charge < -0.3 is 10.1 Å². The lowest BCUT2D eigenvalue weighted by atomic mass is 9.90. The van der Waals surface area contributed by atoms with Crippen molar-refractivity contribution in [2.45, 2.75) is 31.7 Å². The summed E-state index contributed by atoms with van der Waals surface area (Å²) in [5.41, 5.74) is 1.55. The van der Waals surface area contributed by atoms with Gasteiger partial charge in [-0.2, -0.15) is 0 Å². The minimum Gasteiger partial charge on any atom is -0.468 e. The van der Waals surface area contributed by atoms with Crippen molar-refractivity contribution >= 4 is 6.03 Å². The number of hydrogen-bond acceptors (Lipinski definition) is 2. The topological polar surface area (TPSA) is 41.6 Å². The summed E-state index contributed by atoms with van der Waals surface area (Å²) in [4.78, 5) is 14.3. The average molecular weight is 294 g/mol. The summed E-state index contributed by atoms with van der Waals surface area (Å²) in [6, 6.07) is 17.9. The van der Waals surface area contributed by atoms with Crippen LogP contribution < -0.4 is 10.1 Å². The Morgan fingerprint density at radius 3 is 2.73 bits per heavy atom. The van der Waals surface area contributed by atoms with Crippen molar-refractivity contribution in [3.05, 3.63) is 65.7 Å². The maximum atomic E-state index is 12.6. The number of nitrogens with one attached hydrogen (secondary N) is 1. The molecule has 1 N–H and O–H groups in total. The largest absolute Gasteiger partial charge is 0.468 e. The van der Waals surface area contributed by atoms with Crippen molar-refractivity contribution in [3.8, 4) is 5.75 Å². The van der Waals surface area contributed by atoms with E-state index in [9.17, 15) is 4.79 Å². The number of urea groups is 1. The Morgan fingerprint density at radius 1 is 1.18 bits per heavy atom. The molecule has 2 aromatic rings. The number of para-hydroxylation sites is 1. The van der Waals surface area contributed by atoms with E-state index in [1.807, 2.05) is 61.5 Å². The lowest BCUT2D eigenvalue weighted by Crippen LogP contribution is -2.64. The Labute approximate surface area is 129 Å². The highest BCUT2D eigenvalue weighted by Crippen LogP contribution is 2.44. The summed E-state index contributed by atoms with van der Waals surface area (Å²) in [5.74, 6) is 0.860. The number of fused-ring (bicyclic) bond motifs is 4. The predicted octanol–water partition coefficient (Wildman–Crippen LogP) is 3.45. The average Bonchev–Trinajstić information content (AvgIpc) is 2.52. The third kappa shape index (κ3) is 2.03. The molecule has 2 atom stereocenters. The van der Waals surface area contributed by atoms with Crippen LogP contribution >= 0.6 is 0 Å². The molecule has 0 unspecified atom stereocenters. The number of carbonyl (C=O) groups is 1. The second kappa shape index (κ2) is 4.77. The first-order valence-electron chi connectivity index (χ1n) is 7.56. The first-order chi connectivity index (χ1) is 10.7. The molecule has 0 aromatic heterocycles. The zero-order valence-electron chi connectivity index (χ0n) is 12.5. The molecule has 1 fully saturated rings. The Hall–Kier alpha value is -2.49. The molecule has 0 aliphatic carbocycles. The van der Waals surface area contributed by atoms with Crippen molar-refractivity contribution in [2.75, 3.05) is 0 Å². The Kier molecular flexibility index (Phi) is 2.86. The van der Waals surface area contributed by atoms with E-state index in [0.29, 0.717) is 6.54 Å². The van der Waals surface area contributed by atoms with Crippen molar-refractivity contribution in [2.24, 2.45) is 0 Å². The minimum atomic E-state index is -0.614. The zero-order chi connectivity index (χ0) is 15.2. The number of carbonyl (C=O) groups excluding carboxylic acids is 1. The van der Waals surface area contributed by atoms with Gasteiger partial charge in [0.15, 0.2) is 5.72 Å². The molecule has 0 saturated carbocycles. The molecule has 2 aromatic carbocycles. The second-order valence-electron chi connectivity index (χ2n) is 6.09. The highest BCUT2D eigenvalue weighted by molar-refractivity contribution is 5.77. The van der Waals surface area contributed by atoms with Gasteiger partial charge in [-0.25, -0.2) is 4.79 Å². The van der Waals surface area contributed by atoms with Crippen LogP contribution in [0.4, 0.5) is 4.79 Å². The van der Waals surface area contributed by atoms with Gasteiger partial charge in [0.1, 0.15) is 5.75 Å². The van der Waals surface area contributed by atoms with Crippen LogP contribution in [0.3, 0.4) is 0 Å². The summed E-state index contributed by atoms with van der Waals surface area (Å²) in [5, 5.41) is 3.11. The van der Waals surface area contributed by atoms with Crippen LogP contribution in [0.25, 0.3) is 0 Å². The molecule has 112 valence electrons. The summed E-state index contributed by atoms with van der Waals surface area (Å²) in [6.45, 7) is 2.54. The number of amides is 2. The van der Waals surface area contributed by atoms with Gasteiger partial charge in [0.05, 0.1) is 12.6 Å². The molecule has 0 spiro atoms. The van der Waals surface area contributed by atoms with Crippen molar-refractivity contribution in [1.82, 2.24) is 10.2 Å². The standard InChI is InChI=1S/C18H18N2O2/c1-18-11-15(14-9-5-6-10-16(14)22-18)19-17(21)20(18)12-13-7-3-2-4-8-13/h2-10,15H,11-12H2,1H3,(H,19,21)/t15-,18-/m0/s1. The molecule has 2 heterocycles. The molecule has 2 amide bonds. The normalized spacial score (nSPS) is 26.0. The summed E-state index contributed by atoms with van der Waals surface area (Å²) < 4.78 is 6.21. The molecule has 4 nitrogen and oxygen atoms in total. The van der Waals surface area contributed by atoms with Gasteiger partial charge in [-0.05, 0) is 18.6 Å². The van der Waals surface area contributed by atoms with Gasteiger partial charge in [-0.15, -0.1) is 0 Å². The van der Waals surface area contributed by atoms with Crippen LogP contribution in [-0.2, 0) is 6.54 Å². The van der Waals surface area contributed by atoms with Crippen LogP contribution in [0.15, 0.2) is 54.6 Å². The number of ether oxygens (including phenoxy) is 1. The van der Waals surface area contributed by atoms with E-state index in [0.717, 1.165) is 23.3 Å². The van der Waals surface area contributed by atoms with E-state index in [-0.39, 0.29) is 12.1 Å². The number of rotatable bonds is 2. The van der Waals surface area contributed by atoms with Crippen LogP contribution in [-0.4, -0.2) is 16.7 Å². The van der Waals surface area contributed by atoms with E-state index in [4.69, 9.17) is 4.74 Å².